The van der Waals surface area contributed by atoms with Crippen molar-refractivity contribution in [1.29, 1.82) is 0 Å². The van der Waals surface area contributed by atoms with Crippen LogP contribution in [0, 0.1) is 19.7 Å². The van der Waals surface area contributed by atoms with E-state index in [0.29, 0.717) is 24.1 Å². The second-order valence-electron chi connectivity index (χ2n) is 5.52. The third kappa shape index (κ3) is 3.82. The van der Waals surface area contributed by atoms with E-state index in [1.54, 1.807) is 19.1 Å². The first kappa shape index (κ1) is 15.5. The molecule has 0 bridgehead atoms. The van der Waals surface area contributed by atoms with Gasteiger partial charge in [-0.3, -0.25) is 0 Å². The van der Waals surface area contributed by atoms with E-state index in [4.69, 9.17) is 0 Å². The fraction of sp³-hybridized carbons (Fsp3) is 0.333. The Morgan fingerprint density at radius 2 is 1.81 bits per heavy atom. The average Bonchev–Trinajstić information content (AvgIpc) is 2.47. The third-order valence-corrected chi connectivity index (χ3v) is 3.85. The van der Waals surface area contributed by atoms with Gasteiger partial charge in [0, 0.05) is 19.3 Å². The molecule has 2 rings (SSSR count). The SMILES string of the molecule is Cc1ccc(C(O)CCN(C)c2ccccc2C)cc1F. The molecule has 0 spiro atoms. The predicted molar refractivity (Wildman–Crippen MR) is 85.2 cm³/mol. The minimum absolute atomic E-state index is 0.265. The van der Waals surface area contributed by atoms with Gasteiger partial charge in [0.1, 0.15) is 5.82 Å². The Morgan fingerprint density at radius 1 is 1.10 bits per heavy atom. The topological polar surface area (TPSA) is 23.5 Å². The van der Waals surface area contributed by atoms with Crippen molar-refractivity contribution in [2.45, 2.75) is 26.4 Å². The lowest BCUT2D eigenvalue weighted by molar-refractivity contribution is 0.169. The van der Waals surface area contributed by atoms with Crippen LogP contribution in [-0.2, 0) is 0 Å². The van der Waals surface area contributed by atoms with Crippen LogP contribution in [0.4, 0.5) is 10.1 Å². The molecular formula is C18H22FNO. The van der Waals surface area contributed by atoms with Crippen LogP contribution >= 0.6 is 0 Å². The number of hydrogen-bond acceptors (Lipinski definition) is 2. The van der Waals surface area contributed by atoms with Crippen molar-refractivity contribution in [2.75, 3.05) is 18.5 Å². The van der Waals surface area contributed by atoms with Gasteiger partial charge in [-0.25, -0.2) is 4.39 Å². The first-order valence-corrected chi connectivity index (χ1v) is 7.20. The van der Waals surface area contributed by atoms with Gasteiger partial charge in [-0.2, -0.15) is 0 Å². The summed E-state index contributed by atoms with van der Waals surface area (Å²) in [5.41, 5.74) is 3.59. The fourth-order valence-electron chi connectivity index (χ4n) is 2.41. The van der Waals surface area contributed by atoms with Crippen molar-refractivity contribution in [1.82, 2.24) is 0 Å². The number of benzene rings is 2. The number of aryl methyl sites for hydroxylation is 2. The molecule has 1 atom stereocenters. The highest BCUT2D eigenvalue weighted by atomic mass is 19.1. The number of nitrogens with zero attached hydrogens (tertiary/aromatic N) is 1. The number of para-hydroxylation sites is 1. The van der Waals surface area contributed by atoms with Crippen LogP contribution in [0.5, 0.6) is 0 Å². The van der Waals surface area contributed by atoms with Crippen LogP contribution in [-0.4, -0.2) is 18.7 Å². The number of anilines is 1. The number of aliphatic hydroxyl groups excluding tert-OH is 1. The zero-order valence-corrected chi connectivity index (χ0v) is 12.8. The van der Waals surface area contributed by atoms with Crippen molar-refractivity contribution in [3.63, 3.8) is 0 Å². The zero-order valence-electron chi connectivity index (χ0n) is 12.8. The van der Waals surface area contributed by atoms with Gasteiger partial charge in [0.2, 0.25) is 0 Å². The summed E-state index contributed by atoms with van der Waals surface area (Å²) in [4.78, 5) is 2.11. The van der Waals surface area contributed by atoms with Crippen LogP contribution in [0.2, 0.25) is 0 Å². The van der Waals surface area contributed by atoms with E-state index < -0.39 is 6.10 Å². The van der Waals surface area contributed by atoms with Crippen molar-refractivity contribution in [3.05, 3.63) is 65.0 Å². The quantitative estimate of drug-likeness (QED) is 0.898. The molecule has 0 aliphatic carbocycles. The summed E-state index contributed by atoms with van der Waals surface area (Å²) in [6, 6.07) is 13.1. The summed E-state index contributed by atoms with van der Waals surface area (Å²) in [6.45, 7) is 4.50. The summed E-state index contributed by atoms with van der Waals surface area (Å²) < 4.78 is 13.5. The van der Waals surface area contributed by atoms with Crippen molar-refractivity contribution < 1.29 is 9.50 Å². The van der Waals surface area contributed by atoms with Crippen molar-refractivity contribution in [2.24, 2.45) is 0 Å². The maximum Gasteiger partial charge on any atom is 0.126 e. The summed E-state index contributed by atoms with van der Waals surface area (Å²) in [7, 11) is 2.00. The standard InChI is InChI=1S/C18H22FNO/c1-13-8-9-15(12-16(13)19)18(21)10-11-20(3)17-7-5-4-6-14(17)2/h4-9,12,18,21H,10-11H2,1-3H3. The third-order valence-electron chi connectivity index (χ3n) is 3.85. The van der Waals surface area contributed by atoms with Crippen LogP contribution < -0.4 is 4.90 Å². The van der Waals surface area contributed by atoms with Gasteiger partial charge in [0.25, 0.3) is 0 Å². The van der Waals surface area contributed by atoms with E-state index in [1.165, 1.54) is 11.6 Å². The van der Waals surface area contributed by atoms with E-state index in [-0.39, 0.29) is 5.82 Å². The maximum atomic E-state index is 13.5. The molecule has 2 aromatic carbocycles. The molecule has 0 aliphatic heterocycles. The number of hydrogen-bond donors (Lipinski definition) is 1. The Balaban J connectivity index is 1.99. The molecule has 21 heavy (non-hydrogen) atoms. The molecule has 0 radical (unpaired) electrons. The Labute approximate surface area is 125 Å². The van der Waals surface area contributed by atoms with Gasteiger partial charge in [0.05, 0.1) is 6.10 Å². The lowest BCUT2D eigenvalue weighted by Crippen LogP contribution is -2.21. The molecule has 0 aromatic heterocycles. The summed E-state index contributed by atoms with van der Waals surface area (Å²) in [5, 5.41) is 10.2. The number of halogens is 1. The zero-order chi connectivity index (χ0) is 15.4. The summed E-state index contributed by atoms with van der Waals surface area (Å²) >= 11 is 0. The summed E-state index contributed by atoms with van der Waals surface area (Å²) in [6.07, 6.45) is -0.0839. The average molecular weight is 287 g/mol. The lowest BCUT2D eigenvalue weighted by atomic mass is 10.0. The van der Waals surface area contributed by atoms with E-state index in [9.17, 15) is 9.50 Å². The Kier molecular flexibility index (Phi) is 4.97. The smallest absolute Gasteiger partial charge is 0.126 e. The fourth-order valence-corrected chi connectivity index (χ4v) is 2.41. The molecule has 1 unspecified atom stereocenters. The van der Waals surface area contributed by atoms with E-state index in [0.717, 1.165) is 5.69 Å². The second kappa shape index (κ2) is 6.72. The molecule has 0 saturated carbocycles. The number of rotatable bonds is 5. The van der Waals surface area contributed by atoms with Gasteiger partial charge >= 0.3 is 0 Å². The Hall–Kier alpha value is -1.87. The Morgan fingerprint density at radius 3 is 2.48 bits per heavy atom. The molecule has 0 fully saturated rings. The second-order valence-corrected chi connectivity index (χ2v) is 5.52. The molecule has 2 nitrogen and oxygen atoms in total. The highest BCUT2D eigenvalue weighted by molar-refractivity contribution is 5.52. The Bertz CT molecular complexity index is 612. The summed E-state index contributed by atoms with van der Waals surface area (Å²) in [5.74, 6) is -0.265. The lowest BCUT2D eigenvalue weighted by Gasteiger charge is -2.23. The molecule has 3 heteroatoms. The van der Waals surface area contributed by atoms with Crippen molar-refractivity contribution >= 4 is 5.69 Å². The highest BCUT2D eigenvalue weighted by Crippen LogP contribution is 2.22. The van der Waals surface area contributed by atoms with Gasteiger partial charge in [-0.15, -0.1) is 0 Å². The molecule has 0 heterocycles. The molecular weight excluding hydrogens is 265 g/mol. The predicted octanol–water partition coefficient (Wildman–Crippen LogP) is 4.00. The van der Waals surface area contributed by atoms with E-state index in [1.807, 2.05) is 19.2 Å². The molecule has 0 amide bonds. The van der Waals surface area contributed by atoms with Gasteiger partial charge < -0.3 is 10.0 Å². The first-order valence-electron chi connectivity index (χ1n) is 7.20. The largest absolute Gasteiger partial charge is 0.388 e. The maximum absolute atomic E-state index is 13.5. The van der Waals surface area contributed by atoms with Gasteiger partial charge in [-0.1, -0.05) is 30.3 Å². The van der Waals surface area contributed by atoms with Crippen LogP contribution in [0.3, 0.4) is 0 Å². The molecule has 0 saturated heterocycles. The van der Waals surface area contributed by atoms with Crippen molar-refractivity contribution in [3.8, 4) is 0 Å². The van der Waals surface area contributed by atoms with E-state index in [2.05, 4.69) is 24.0 Å². The van der Waals surface area contributed by atoms with Gasteiger partial charge in [-0.05, 0) is 49.1 Å². The highest BCUT2D eigenvalue weighted by Gasteiger charge is 2.12. The monoisotopic (exact) mass is 287 g/mol. The number of aliphatic hydroxyl groups is 1. The molecule has 112 valence electrons. The minimum Gasteiger partial charge on any atom is -0.388 e. The van der Waals surface area contributed by atoms with Crippen LogP contribution in [0.25, 0.3) is 0 Å². The van der Waals surface area contributed by atoms with Gasteiger partial charge in [0.15, 0.2) is 0 Å². The first-order chi connectivity index (χ1) is 9.99. The molecule has 1 N–H and O–H groups in total. The van der Waals surface area contributed by atoms with Crippen LogP contribution in [0.15, 0.2) is 42.5 Å². The molecule has 2 aromatic rings. The van der Waals surface area contributed by atoms with Crippen LogP contribution in [0.1, 0.15) is 29.2 Å². The molecule has 0 aliphatic rings. The van der Waals surface area contributed by atoms with E-state index >= 15 is 0 Å². The minimum atomic E-state index is -0.647. The normalized spacial score (nSPS) is 12.2.